The lowest BCUT2D eigenvalue weighted by molar-refractivity contribution is 0.726. The third kappa shape index (κ3) is 2.49. The van der Waals surface area contributed by atoms with E-state index in [-0.39, 0.29) is 0 Å². The highest BCUT2D eigenvalue weighted by Gasteiger charge is 2.14. The lowest BCUT2D eigenvalue weighted by atomic mass is 10.2. The van der Waals surface area contributed by atoms with Gasteiger partial charge in [0.2, 0.25) is 0 Å². The maximum absolute atomic E-state index is 5.68. The average molecular weight is 225 g/mol. The maximum Gasteiger partial charge on any atom is 0.185 e. The molecule has 2 rings (SSSR count). The Morgan fingerprint density at radius 2 is 1.93 bits per heavy atom. The molecule has 2 N–H and O–H groups in total. The summed E-state index contributed by atoms with van der Waals surface area (Å²) in [5.74, 6) is 0. The molecule has 0 bridgehead atoms. The molecule has 15 heavy (non-hydrogen) atoms. The molecule has 0 radical (unpaired) electrons. The van der Waals surface area contributed by atoms with Crippen molar-refractivity contribution in [3.63, 3.8) is 0 Å². The Hall–Kier alpha value is -0.610. The quantitative estimate of drug-likeness (QED) is 0.839. The summed E-state index contributed by atoms with van der Waals surface area (Å²) in [6, 6.07) is 0. The molecule has 0 aliphatic carbocycles. The normalized spacial score (nSPS) is 17.9. The first kappa shape index (κ1) is 10.9. The minimum Gasteiger partial charge on any atom is -0.348 e. The number of aromatic nitrogens is 1. The first-order valence-electron chi connectivity index (χ1n) is 5.72. The smallest absolute Gasteiger partial charge is 0.185 e. The second-order valence-electron chi connectivity index (χ2n) is 4.11. The van der Waals surface area contributed by atoms with Crippen LogP contribution in [-0.2, 0) is 6.54 Å². The molecule has 0 atom stereocenters. The van der Waals surface area contributed by atoms with Crippen LogP contribution in [0.25, 0.3) is 0 Å². The minimum absolute atomic E-state index is 0.622. The number of hydrogen-bond acceptors (Lipinski definition) is 4. The van der Waals surface area contributed by atoms with Crippen LogP contribution in [0.1, 0.15) is 36.3 Å². The molecule has 1 aromatic heterocycles. The summed E-state index contributed by atoms with van der Waals surface area (Å²) >= 11 is 1.77. The van der Waals surface area contributed by atoms with Crippen LogP contribution in [0.2, 0.25) is 0 Å². The van der Waals surface area contributed by atoms with Crippen LogP contribution in [0.3, 0.4) is 0 Å². The molecule has 1 aliphatic heterocycles. The van der Waals surface area contributed by atoms with Crippen molar-refractivity contribution in [1.29, 1.82) is 0 Å². The molecule has 1 aliphatic rings. The van der Waals surface area contributed by atoms with Crippen LogP contribution in [-0.4, -0.2) is 18.1 Å². The van der Waals surface area contributed by atoms with Crippen molar-refractivity contribution in [1.82, 2.24) is 4.98 Å². The van der Waals surface area contributed by atoms with Gasteiger partial charge in [0.1, 0.15) is 0 Å². The third-order valence-electron chi connectivity index (χ3n) is 2.94. The van der Waals surface area contributed by atoms with Gasteiger partial charge in [-0.3, -0.25) is 0 Å². The van der Waals surface area contributed by atoms with Crippen LogP contribution in [0.4, 0.5) is 5.13 Å². The Balaban J connectivity index is 2.12. The molecule has 1 saturated heterocycles. The molecule has 4 heteroatoms. The number of nitrogens with two attached hydrogens (primary N) is 1. The number of thiazole rings is 1. The predicted octanol–water partition coefficient (Wildman–Crippen LogP) is 2.29. The zero-order chi connectivity index (χ0) is 10.7. The number of anilines is 1. The molecular weight excluding hydrogens is 206 g/mol. The van der Waals surface area contributed by atoms with E-state index in [0.29, 0.717) is 6.54 Å². The van der Waals surface area contributed by atoms with Crippen molar-refractivity contribution in [3.05, 3.63) is 10.6 Å². The highest BCUT2D eigenvalue weighted by Crippen LogP contribution is 2.27. The molecule has 0 saturated carbocycles. The summed E-state index contributed by atoms with van der Waals surface area (Å²) in [6.07, 6.45) is 5.34. The van der Waals surface area contributed by atoms with E-state index in [0.717, 1.165) is 18.8 Å². The highest BCUT2D eigenvalue weighted by atomic mass is 32.1. The molecule has 0 aromatic carbocycles. The summed E-state index contributed by atoms with van der Waals surface area (Å²) in [6.45, 7) is 5.01. The summed E-state index contributed by atoms with van der Waals surface area (Å²) in [7, 11) is 0. The number of rotatable bonds is 2. The van der Waals surface area contributed by atoms with Gasteiger partial charge in [-0.1, -0.05) is 12.8 Å². The fourth-order valence-corrected chi connectivity index (χ4v) is 2.99. The van der Waals surface area contributed by atoms with Crippen LogP contribution in [0.15, 0.2) is 0 Å². The van der Waals surface area contributed by atoms with E-state index in [1.54, 1.807) is 11.3 Å². The zero-order valence-corrected chi connectivity index (χ0v) is 10.1. The highest BCUT2D eigenvalue weighted by molar-refractivity contribution is 7.15. The molecular formula is C11H19N3S. The standard InChI is InChI=1S/C11H19N3S/c1-9-10(8-12)15-11(13-9)14-6-4-2-3-5-7-14/h2-8,12H2,1H3. The largest absolute Gasteiger partial charge is 0.348 e. The summed E-state index contributed by atoms with van der Waals surface area (Å²) < 4.78 is 0. The maximum atomic E-state index is 5.68. The van der Waals surface area contributed by atoms with Gasteiger partial charge in [-0.2, -0.15) is 0 Å². The van der Waals surface area contributed by atoms with Crippen LogP contribution < -0.4 is 10.6 Å². The van der Waals surface area contributed by atoms with Gasteiger partial charge in [0, 0.05) is 24.5 Å². The first-order chi connectivity index (χ1) is 7.31. The predicted molar refractivity (Wildman–Crippen MR) is 65.4 cm³/mol. The van der Waals surface area contributed by atoms with Gasteiger partial charge in [-0.25, -0.2) is 4.98 Å². The van der Waals surface area contributed by atoms with Gasteiger partial charge in [0.05, 0.1) is 5.69 Å². The van der Waals surface area contributed by atoms with Crippen LogP contribution in [0, 0.1) is 6.92 Å². The first-order valence-corrected chi connectivity index (χ1v) is 6.54. The summed E-state index contributed by atoms with van der Waals surface area (Å²) in [5.41, 5.74) is 6.79. The Labute approximate surface area is 95.3 Å². The Morgan fingerprint density at radius 1 is 1.27 bits per heavy atom. The molecule has 0 spiro atoms. The van der Waals surface area contributed by atoms with E-state index >= 15 is 0 Å². The molecule has 3 nitrogen and oxygen atoms in total. The lowest BCUT2D eigenvalue weighted by Gasteiger charge is -2.18. The van der Waals surface area contributed by atoms with E-state index in [9.17, 15) is 0 Å². The SMILES string of the molecule is Cc1nc(N2CCCCCC2)sc1CN. The lowest BCUT2D eigenvalue weighted by Crippen LogP contribution is -2.23. The van der Waals surface area contributed by atoms with E-state index in [2.05, 4.69) is 16.8 Å². The molecule has 1 aromatic rings. The molecule has 1 fully saturated rings. The van der Waals surface area contributed by atoms with E-state index in [1.807, 2.05) is 0 Å². The van der Waals surface area contributed by atoms with Crippen molar-refractivity contribution in [2.45, 2.75) is 39.2 Å². The monoisotopic (exact) mass is 225 g/mol. The topological polar surface area (TPSA) is 42.2 Å². The Morgan fingerprint density at radius 3 is 2.47 bits per heavy atom. The van der Waals surface area contributed by atoms with E-state index in [1.165, 1.54) is 35.7 Å². The van der Waals surface area contributed by atoms with Gasteiger partial charge in [-0.05, 0) is 19.8 Å². The zero-order valence-electron chi connectivity index (χ0n) is 9.33. The van der Waals surface area contributed by atoms with Crippen molar-refractivity contribution in [2.75, 3.05) is 18.0 Å². The summed E-state index contributed by atoms with van der Waals surface area (Å²) in [4.78, 5) is 8.26. The minimum atomic E-state index is 0.622. The molecule has 0 amide bonds. The van der Waals surface area contributed by atoms with E-state index < -0.39 is 0 Å². The second kappa shape index (κ2) is 4.94. The van der Waals surface area contributed by atoms with Crippen molar-refractivity contribution in [3.8, 4) is 0 Å². The fourth-order valence-electron chi connectivity index (χ4n) is 2.00. The molecule has 0 unspecified atom stereocenters. The number of aryl methyl sites for hydroxylation is 1. The van der Waals surface area contributed by atoms with Gasteiger partial charge in [-0.15, -0.1) is 11.3 Å². The van der Waals surface area contributed by atoms with Gasteiger partial charge in [0.15, 0.2) is 5.13 Å². The van der Waals surface area contributed by atoms with Gasteiger partial charge >= 0.3 is 0 Å². The van der Waals surface area contributed by atoms with Crippen molar-refractivity contribution in [2.24, 2.45) is 5.73 Å². The molecule has 84 valence electrons. The fraction of sp³-hybridized carbons (Fsp3) is 0.727. The summed E-state index contributed by atoms with van der Waals surface area (Å²) in [5, 5.41) is 1.18. The van der Waals surface area contributed by atoms with Crippen molar-refractivity contribution < 1.29 is 0 Å². The van der Waals surface area contributed by atoms with Gasteiger partial charge < -0.3 is 10.6 Å². The average Bonchev–Trinajstić information content (AvgIpc) is 2.48. The van der Waals surface area contributed by atoms with Crippen LogP contribution in [0.5, 0.6) is 0 Å². The third-order valence-corrected chi connectivity index (χ3v) is 4.18. The molecule has 2 heterocycles. The Bertz CT molecular complexity index is 314. The second-order valence-corrected chi connectivity index (χ2v) is 5.17. The Kier molecular flexibility index (Phi) is 3.59. The van der Waals surface area contributed by atoms with Gasteiger partial charge in [0.25, 0.3) is 0 Å². The number of hydrogen-bond donors (Lipinski definition) is 1. The van der Waals surface area contributed by atoms with E-state index in [4.69, 9.17) is 5.73 Å². The van der Waals surface area contributed by atoms with Crippen LogP contribution >= 0.6 is 11.3 Å². The van der Waals surface area contributed by atoms with Crippen molar-refractivity contribution >= 4 is 16.5 Å². The number of nitrogens with zero attached hydrogens (tertiary/aromatic N) is 2.